The molecule has 11 aromatic rings. The average Bonchev–Trinajstić information content (AvgIpc) is 4.02. The van der Waals surface area contributed by atoms with Crippen LogP contribution < -0.4 is 16.2 Å². The first kappa shape index (κ1) is 40.9. The minimum atomic E-state index is -0.0916. The minimum absolute atomic E-state index is 0.0785. The Morgan fingerprint density at radius 1 is 0.515 bits per heavy atom. The normalized spacial score (nSPS) is 16.4. The van der Waals surface area contributed by atoms with Gasteiger partial charge in [-0.2, -0.15) is 0 Å². The van der Waals surface area contributed by atoms with Crippen LogP contribution in [0, 0.1) is 0 Å². The van der Waals surface area contributed by atoms with Gasteiger partial charge in [0, 0.05) is 84.7 Å². The molecule has 5 heteroatoms. The first-order valence-corrected chi connectivity index (χ1v) is 26.3. The number of anilines is 2. The second kappa shape index (κ2) is 13.6. The van der Waals surface area contributed by atoms with Crippen LogP contribution in [-0.2, 0) is 21.7 Å². The maximum Gasteiger partial charge on any atom is 0.198 e. The van der Waals surface area contributed by atoms with Gasteiger partial charge in [-0.25, -0.2) is 0 Å². The summed E-state index contributed by atoms with van der Waals surface area (Å²) in [6, 6.07) is 52.4. The topological polar surface area (TPSA) is 17.0 Å². The third kappa shape index (κ3) is 5.64. The smallest absolute Gasteiger partial charge is 0.198 e. The molecular weight excluding hydrogens is 860 g/mol. The van der Waals surface area contributed by atoms with E-state index in [1.165, 1.54) is 142 Å². The van der Waals surface area contributed by atoms with Gasteiger partial charge in [-0.3, -0.25) is 0 Å². The van der Waals surface area contributed by atoms with E-state index in [9.17, 15) is 0 Å². The summed E-state index contributed by atoms with van der Waals surface area (Å²) in [7, 11) is 0.855. The van der Waals surface area contributed by atoms with Crippen LogP contribution in [-0.4, -0.2) is 11.8 Å². The van der Waals surface area contributed by atoms with E-state index in [4.69, 9.17) is 0 Å². The molecule has 1 aliphatic heterocycles. The van der Waals surface area contributed by atoms with Crippen LogP contribution in [0.4, 0.5) is 11.4 Å². The molecular formula is C63H55BN2S2. The van der Waals surface area contributed by atoms with E-state index in [2.05, 4.69) is 206 Å². The van der Waals surface area contributed by atoms with E-state index in [0.29, 0.717) is 0 Å². The molecule has 14 rings (SSSR count). The van der Waals surface area contributed by atoms with Gasteiger partial charge < -0.3 is 9.88 Å². The lowest BCUT2D eigenvalue weighted by molar-refractivity contribution is 0.332. The van der Waals surface area contributed by atoms with Crippen LogP contribution in [0.5, 0.6) is 0 Å². The van der Waals surface area contributed by atoms with E-state index in [-0.39, 0.29) is 21.7 Å². The number of hydrogen-bond acceptors (Lipinski definition) is 3. The van der Waals surface area contributed by atoms with E-state index in [1.54, 1.807) is 0 Å². The van der Waals surface area contributed by atoms with Crippen LogP contribution in [0.3, 0.4) is 0 Å². The Kier molecular flexibility index (Phi) is 8.15. The molecule has 2 nitrogen and oxygen atoms in total. The van der Waals surface area contributed by atoms with Crippen LogP contribution >= 0.6 is 22.7 Å². The number of benzene rings is 8. The lowest BCUT2D eigenvalue weighted by atomic mass is 9.58. The largest absolute Gasteiger partial charge is 0.355 e. The molecule has 0 amide bonds. The van der Waals surface area contributed by atoms with Crippen molar-refractivity contribution in [2.45, 2.75) is 96.8 Å². The summed E-state index contributed by atoms with van der Waals surface area (Å²) in [5.41, 5.74) is 21.8. The second-order valence-electron chi connectivity index (χ2n) is 23.3. The zero-order valence-electron chi connectivity index (χ0n) is 40.6. The van der Waals surface area contributed by atoms with Gasteiger partial charge in [0.05, 0.1) is 5.52 Å². The summed E-state index contributed by atoms with van der Waals surface area (Å²) < 4.78 is 8.06. The van der Waals surface area contributed by atoms with E-state index in [1.807, 2.05) is 22.7 Å². The Balaban J connectivity index is 1.06. The van der Waals surface area contributed by atoms with Crippen molar-refractivity contribution in [1.29, 1.82) is 0 Å². The molecule has 2 aliphatic carbocycles. The number of nitrogens with zero attached hydrogens (tertiary/aromatic N) is 1. The molecule has 4 heterocycles. The number of aromatic nitrogens is 1. The highest BCUT2D eigenvalue weighted by Crippen LogP contribution is 2.52. The van der Waals surface area contributed by atoms with Crippen LogP contribution in [0.1, 0.15) is 103 Å². The highest BCUT2D eigenvalue weighted by molar-refractivity contribution is 7.26. The lowest BCUT2D eigenvalue weighted by Crippen LogP contribution is -2.38. The van der Waals surface area contributed by atoms with E-state index in [0.717, 1.165) is 18.7 Å². The maximum atomic E-state index is 4.04. The van der Waals surface area contributed by atoms with Gasteiger partial charge in [0.2, 0.25) is 0 Å². The van der Waals surface area contributed by atoms with Crippen molar-refractivity contribution in [2.24, 2.45) is 0 Å². The molecule has 0 radical (unpaired) electrons. The molecule has 0 unspecified atom stereocenters. The molecule has 332 valence electrons. The first-order chi connectivity index (χ1) is 32.5. The fraction of sp³-hybridized carbons (Fsp3) is 0.238. The third-order valence-electron chi connectivity index (χ3n) is 16.8. The van der Waals surface area contributed by atoms with Crippen molar-refractivity contribution in [2.75, 3.05) is 5.32 Å². The summed E-state index contributed by atoms with van der Waals surface area (Å²) in [5.74, 6) is 0. The molecule has 8 aromatic carbocycles. The molecule has 1 N–H and O–H groups in total. The van der Waals surface area contributed by atoms with Gasteiger partial charge in [-0.05, 0) is 140 Å². The number of hydrogen-bond donors (Lipinski definition) is 1. The quantitative estimate of drug-likeness (QED) is 0.175. The van der Waals surface area contributed by atoms with Crippen molar-refractivity contribution in [1.82, 2.24) is 4.57 Å². The first-order valence-electron chi connectivity index (χ1n) is 24.7. The molecule has 3 aliphatic rings. The third-order valence-corrected chi connectivity index (χ3v) is 19.1. The van der Waals surface area contributed by atoms with Crippen molar-refractivity contribution < 1.29 is 0 Å². The van der Waals surface area contributed by atoms with Crippen molar-refractivity contribution in [3.8, 4) is 27.9 Å². The SMILES string of the molecule is CC(C)(C)c1ccc(Nc2cc3sc4cc5c(cc4c3cc2-c2ccc3c4cc6c(cc4n4c3c2Bc2cc3c(cc2-4)-c2ccccc2C3(C)C)sc2ccccc26)C(C)(C)CCC5(C)C)cc1. The number of nitrogens with one attached hydrogen (secondary N) is 1. The highest BCUT2D eigenvalue weighted by atomic mass is 32.1. The van der Waals surface area contributed by atoms with Crippen molar-refractivity contribution in [3.05, 3.63) is 161 Å². The fourth-order valence-corrected chi connectivity index (χ4v) is 15.1. The van der Waals surface area contributed by atoms with Gasteiger partial charge in [0.15, 0.2) is 7.28 Å². The van der Waals surface area contributed by atoms with E-state index >= 15 is 0 Å². The van der Waals surface area contributed by atoms with Crippen LogP contribution in [0.15, 0.2) is 133 Å². The van der Waals surface area contributed by atoms with Crippen molar-refractivity contribution in [3.63, 3.8) is 0 Å². The molecule has 0 spiro atoms. The van der Waals surface area contributed by atoms with Gasteiger partial charge in [0.25, 0.3) is 0 Å². The predicted molar refractivity (Wildman–Crippen MR) is 300 cm³/mol. The molecule has 0 fully saturated rings. The highest BCUT2D eigenvalue weighted by Gasteiger charge is 2.39. The minimum Gasteiger partial charge on any atom is -0.355 e. The summed E-state index contributed by atoms with van der Waals surface area (Å²) in [6.45, 7) is 21.5. The fourth-order valence-electron chi connectivity index (χ4n) is 12.8. The van der Waals surface area contributed by atoms with E-state index < -0.39 is 0 Å². The summed E-state index contributed by atoms with van der Waals surface area (Å²) >= 11 is 3.87. The number of fused-ring (bicyclic) bond motifs is 15. The summed E-state index contributed by atoms with van der Waals surface area (Å²) in [4.78, 5) is 0. The van der Waals surface area contributed by atoms with Crippen LogP contribution in [0.25, 0.3) is 90.1 Å². The molecule has 0 atom stereocenters. The lowest BCUT2D eigenvalue weighted by Gasteiger charge is -2.41. The van der Waals surface area contributed by atoms with Crippen molar-refractivity contribution >= 4 is 114 Å². The second-order valence-corrected chi connectivity index (χ2v) is 25.4. The summed E-state index contributed by atoms with van der Waals surface area (Å²) in [6.07, 6.45) is 2.41. The number of thiophene rings is 2. The standard InChI is InChI=1S/C63H55BN2S2/c1-60(2,3)34-18-20-35(21-19-34)65-51-32-56-44(45-28-48-49(31-55(45)68-56)62(6,7)25-24-61(48,4)5)26-41(51)38-22-23-39-42-27-43-37-15-11-13-17-54(37)67-57(43)33-52(42)66-53-29-40-36-14-10-12-16-46(36)63(8,9)47(40)30-50(53)64-58(38)59(39)66/h10-23,26-33,64-65H,24-25H2,1-9H3. The number of rotatable bonds is 3. The Hall–Kier alpha value is -6.14. The van der Waals surface area contributed by atoms with Gasteiger partial charge >= 0.3 is 0 Å². The molecule has 3 aromatic heterocycles. The zero-order valence-corrected chi connectivity index (χ0v) is 42.2. The van der Waals surface area contributed by atoms with Gasteiger partial charge in [-0.1, -0.05) is 141 Å². The van der Waals surface area contributed by atoms with Gasteiger partial charge in [-0.15, -0.1) is 22.7 Å². The van der Waals surface area contributed by atoms with Crippen LogP contribution in [0.2, 0.25) is 0 Å². The Bertz CT molecular complexity index is 4030. The molecule has 0 saturated carbocycles. The maximum absolute atomic E-state index is 4.04. The Morgan fingerprint density at radius 2 is 1.19 bits per heavy atom. The average molecular weight is 915 g/mol. The molecule has 68 heavy (non-hydrogen) atoms. The Labute approximate surface area is 407 Å². The molecule has 0 saturated heterocycles. The van der Waals surface area contributed by atoms with Gasteiger partial charge in [0.1, 0.15) is 0 Å². The molecule has 0 bridgehead atoms. The predicted octanol–water partition coefficient (Wildman–Crippen LogP) is 16.6. The summed E-state index contributed by atoms with van der Waals surface area (Å²) in [5, 5.41) is 12.1. The Morgan fingerprint density at radius 3 is 1.99 bits per heavy atom. The monoisotopic (exact) mass is 914 g/mol. The zero-order chi connectivity index (χ0) is 46.4.